The second kappa shape index (κ2) is 10.7. The van der Waals surface area contributed by atoms with Crippen LogP contribution in [-0.2, 0) is 14.1 Å². The maximum atomic E-state index is 9.78. The molecule has 2 aromatic heterocycles. The van der Waals surface area contributed by atoms with E-state index >= 15 is 0 Å². The van der Waals surface area contributed by atoms with Gasteiger partial charge in [-0.1, -0.05) is 0 Å². The van der Waals surface area contributed by atoms with Gasteiger partial charge in [0.05, 0.1) is 5.56 Å². The molecule has 0 aliphatic heterocycles. The first-order chi connectivity index (χ1) is 10.2. The van der Waals surface area contributed by atoms with Crippen molar-refractivity contribution in [2.24, 2.45) is 14.1 Å². The molecule has 2 heterocycles. The van der Waals surface area contributed by atoms with E-state index in [4.69, 9.17) is 10.0 Å². The van der Waals surface area contributed by atoms with Crippen molar-refractivity contribution in [3.05, 3.63) is 48.9 Å². The van der Waals surface area contributed by atoms with Crippen LogP contribution in [-0.4, -0.2) is 14.9 Å². The lowest BCUT2D eigenvalue weighted by Crippen LogP contribution is -2.31. The second-order valence-electron chi connectivity index (χ2n) is 3.97. The van der Waals surface area contributed by atoms with Crippen molar-refractivity contribution in [3.8, 4) is 11.3 Å². The number of aryl methyl sites for hydroxylation is 2. The third kappa shape index (κ3) is 9.89. The summed E-state index contributed by atoms with van der Waals surface area (Å²) in [7, 11) is -2.75. The van der Waals surface area contributed by atoms with Crippen molar-refractivity contribution in [1.82, 2.24) is 0 Å². The minimum Gasteiger partial charge on any atom is -0.824 e. The van der Waals surface area contributed by atoms with Gasteiger partial charge in [-0.25, -0.2) is 9.13 Å². The van der Waals surface area contributed by atoms with Crippen LogP contribution in [0.1, 0.15) is 0 Å². The van der Waals surface area contributed by atoms with Crippen molar-refractivity contribution in [3.63, 3.8) is 0 Å². The molecule has 118 valence electrons. The molecule has 2 aromatic rings. The molecule has 4 nitrogen and oxygen atoms in total. The van der Waals surface area contributed by atoms with Crippen LogP contribution in [0.25, 0.3) is 11.3 Å². The molecule has 0 fully saturated rings. The summed E-state index contributed by atoms with van der Waals surface area (Å²) >= 11 is 0. The molecule has 0 aliphatic rings. The third-order valence-electron chi connectivity index (χ3n) is 2.33. The largest absolute Gasteiger partial charge is 0.824 e. The molecule has 0 saturated heterocycles. The highest BCUT2D eigenvalue weighted by molar-refractivity contribution is 6.30. The van der Waals surface area contributed by atoms with Crippen LogP contribution in [0, 0.1) is 0 Å². The number of hydrogen-bond acceptors (Lipinski definition) is 2. The van der Waals surface area contributed by atoms with Gasteiger partial charge in [-0.3, -0.25) is 0 Å². The van der Waals surface area contributed by atoms with Gasteiger partial charge < -0.3 is 27.3 Å². The normalized spacial score (nSPS) is 8.91. The third-order valence-corrected chi connectivity index (χ3v) is 2.33. The highest BCUT2D eigenvalue weighted by atomic mass is 19.2. The van der Waals surface area contributed by atoms with Gasteiger partial charge in [0.2, 0.25) is 5.69 Å². The molecule has 22 heavy (non-hydrogen) atoms. The predicted octanol–water partition coefficient (Wildman–Crippen LogP) is -0.456. The van der Waals surface area contributed by atoms with E-state index in [0.717, 1.165) is 0 Å². The van der Waals surface area contributed by atoms with Crippen LogP contribution in [0.3, 0.4) is 0 Å². The number of rotatable bonds is 1. The average Bonchev–Trinajstić information content (AvgIpc) is 2.39. The van der Waals surface area contributed by atoms with E-state index < -0.39 is 14.9 Å². The zero-order chi connectivity index (χ0) is 17.1. The Bertz CT molecular complexity index is 533. The van der Waals surface area contributed by atoms with Crippen LogP contribution in [0.5, 0.6) is 0 Å². The molecule has 2 rings (SSSR count). The molecule has 0 saturated carbocycles. The van der Waals surface area contributed by atoms with E-state index in [1.165, 1.54) is 11.3 Å². The fourth-order valence-corrected chi connectivity index (χ4v) is 1.49. The Kier molecular flexibility index (Phi) is 9.80. The van der Waals surface area contributed by atoms with Crippen LogP contribution in [0.2, 0.25) is 0 Å². The van der Waals surface area contributed by atoms with Crippen LogP contribution >= 0.6 is 0 Å². The van der Waals surface area contributed by atoms with E-state index in [-0.39, 0.29) is 0 Å². The van der Waals surface area contributed by atoms with Crippen LogP contribution in [0.15, 0.2) is 48.9 Å². The first-order valence-electron chi connectivity index (χ1n) is 6.02. The Morgan fingerprint density at radius 1 is 0.818 bits per heavy atom. The molecule has 0 radical (unpaired) electrons. The van der Waals surface area contributed by atoms with Gasteiger partial charge in [-0.15, -0.1) is 0 Å². The van der Waals surface area contributed by atoms with Gasteiger partial charge in [0.25, 0.3) is 0 Å². The smallest absolute Gasteiger partial charge is 0.447 e. The summed E-state index contributed by atoms with van der Waals surface area (Å²) in [6.45, 7) is 0. The topological polar surface area (TPSA) is 53.9 Å². The highest BCUT2D eigenvalue weighted by Gasteiger charge is 2.08. The van der Waals surface area contributed by atoms with Gasteiger partial charge in [-0.2, -0.15) is 0 Å². The zero-order valence-corrected chi connectivity index (χ0v) is 12.0. The average molecular weight is 316 g/mol. The first kappa shape index (κ1) is 20.1. The molecule has 0 N–H and O–H groups in total. The Hall–Kier alpha value is -1.93. The quantitative estimate of drug-likeness (QED) is 0.406. The molecule has 0 spiro atoms. The monoisotopic (exact) mass is 316 g/mol. The molecular formula is C12H14B2F4N2O2. The zero-order valence-electron chi connectivity index (χ0n) is 12.0. The fraction of sp³-hybridized carbons (Fsp3) is 0.167. The van der Waals surface area contributed by atoms with Crippen molar-refractivity contribution in [2.45, 2.75) is 0 Å². The Balaban J connectivity index is 0.000000464. The SMILES string of the molecule is C[n+]1ccc(-c2cccc[n+]2C)cc1.[O-]B(F)F.[O-]B(F)F. The van der Waals surface area contributed by atoms with Gasteiger partial charge in [0.15, 0.2) is 18.6 Å². The lowest BCUT2D eigenvalue weighted by Gasteiger charge is -1.97. The maximum absolute atomic E-state index is 9.78. The Labute approximate surface area is 126 Å². The summed E-state index contributed by atoms with van der Waals surface area (Å²) < 4.78 is 43.3. The lowest BCUT2D eigenvalue weighted by molar-refractivity contribution is -0.672. The first-order valence-corrected chi connectivity index (χ1v) is 6.02. The van der Waals surface area contributed by atoms with E-state index in [1.54, 1.807) is 0 Å². The van der Waals surface area contributed by atoms with Gasteiger partial charge in [-0.05, 0) is 6.07 Å². The van der Waals surface area contributed by atoms with Gasteiger partial charge >= 0.3 is 14.9 Å². The van der Waals surface area contributed by atoms with E-state index in [1.807, 2.05) is 17.7 Å². The van der Waals surface area contributed by atoms with E-state index in [0.29, 0.717) is 0 Å². The molecular weight excluding hydrogens is 302 g/mol. The predicted molar refractivity (Wildman–Crippen MR) is 70.2 cm³/mol. The molecule has 0 atom stereocenters. The Morgan fingerprint density at radius 3 is 1.68 bits per heavy atom. The van der Waals surface area contributed by atoms with E-state index in [9.17, 15) is 17.3 Å². The minimum absolute atomic E-state index is 1.23. The summed E-state index contributed by atoms with van der Waals surface area (Å²) in [5, 5.41) is 16.4. The molecule has 10 heteroatoms. The highest BCUT2D eigenvalue weighted by Crippen LogP contribution is 2.11. The van der Waals surface area contributed by atoms with Gasteiger partial charge in [0.1, 0.15) is 14.1 Å². The van der Waals surface area contributed by atoms with Crippen LogP contribution in [0.4, 0.5) is 17.3 Å². The molecule has 0 aliphatic carbocycles. The summed E-state index contributed by atoms with van der Waals surface area (Å²) in [6, 6.07) is 10.5. The van der Waals surface area contributed by atoms with Crippen LogP contribution < -0.4 is 19.2 Å². The summed E-state index contributed by atoms with van der Waals surface area (Å²) in [6.07, 6.45) is 6.17. The summed E-state index contributed by atoms with van der Waals surface area (Å²) in [5.41, 5.74) is 2.47. The molecule has 0 bridgehead atoms. The molecule has 0 aromatic carbocycles. The number of halogens is 4. The summed E-state index contributed by atoms with van der Waals surface area (Å²) in [5.74, 6) is 0. The van der Waals surface area contributed by atoms with Crippen molar-refractivity contribution >= 4 is 14.9 Å². The summed E-state index contributed by atoms with van der Waals surface area (Å²) in [4.78, 5) is 0. The Morgan fingerprint density at radius 2 is 1.27 bits per heavy atom. The lowest BCUT2D eigenvalue weighted by atomic mass is 10.2. The van der Waals surface area contributed by atoms with E-state index in [2.05, 4.69) is 54.5 Å². The van der Waals surface area contributed by atoms with Gasteiger partial charge in [0, 0.05) is 24.3 Å². The minimum atomic E-state index is -3.42. The number of hydrogen-bond donors (Lipinski definition) is 0. The standard InChI is InChI=1S/C12H14N2.2BF2O/c1-13-9-6-11(7-10-13)12-5-3-4-8-14(12)2;2*2-1(3)4/h3-10H,1-2H3;;/q+2;2*-1. The van der Waals surface area contributed by atoms with Crippen molar-refractivity contribution < 1.29 is 36.4 Å². The van der Waals surface area contributed by atoms with Crippen molar-refractivity contribution in [1.29, 1.82) is 0 Å². The molecule has 0 unspecified atom stereocenters. The second-order valence-corrected chi connectivity index (χ2v) is 3.97. The number of nitrogens with zero attached hydrogens (tertiary/aromatic N) is 2. The van der Waals surface area contributed by atoms with Crippen molar-refractivity contribution in [2.75, 3.05) is 0 Å². The fourth-order valence-electron chi connectivity index (χ4n) is 1.49. The number of pyridine rings is 2. The maximum Gasteiger partial charge on any atom is 0.447 e. The number of aromatic nitrogens is 2. The molecule has 0 amide bonds.